The van der Waals surface area contributed by atoms with Crippen LogP contribution >= 0.6 is 0 Å². The fraction of sp³-hybridized carbons (Fsp3) is 0.267. The zero-order valence-corrected chi connectivity index (χ0v) is 12.4. The molecule has 7 nitrogen and oxygen atoms in total. The van der Waals surface area contributed by atoms with E-state index in [1.54, 1.807) is 23.3 Å². The van der Waals surface area contributed by atoms with E-state index < -0.39 is 0 Å². The summed E-state index contributed by atoms with van der Waals surface area (Å²) in [6.45, 7) is 2.82. The average molecular weight is 296 g/mol. The maximum atomic E-state index is 4.94. The number of methoxy groups -OCH3 is 1. The number of nitrogens with zero attached hydrogens (tertiary/aromatic N) is 6. The fourth-order valence-corrected chi connectivity index (χ4v) is 2.12. The van der Waals surface area contributed by atoms with Gasteiger partial charge in [-0.2, -0.15) is 0 Å². The van der Waals surface area contributed by atoms with E-state index in [-0.39, 0.29) is 5.92 Å². The van der Waals surface area contributed by atoms with Crippen LogP contribution in [0.2, 0.25) is 0 Å². The molecule has 22 heavy (non-hydrogen) atoms. The maximum Gasteiger partial charge on any atom is 0.316 e. The van der Waals surface area contributed by atoms with Gasteiger partial charge in [-0.05, 0) is 12.1 Å². The zero-order chi connectivity index (χ0) is 15.4. The van der Waals surface area contributed by atoms with Crippen LogP contribution in [0, 0.1) is 0 Å². The summed E-state index contributed by atoms with van der Waals surface area (Å²) in [4.78, 5) is 12.5. The van der Waals surface area contributed by atoms with E-state index in [1.807, 2.05) is 24.4 Å². The van der Waals surface area contributed by atoms with Crippen LogP contribution in [-0.2, 0) is 6.54 Å². The molecule has 3 aromatic rings. The number of ether oxygens (including phenoxy) is 1. The lowest BCUT2D eigenvalue weighted by Crippen LogP contribution is -2.08. The monoisotopic (exact) mass is 296 g/mol. The summed E-state index contributed by atoms with van der Waals surface area (Å²) in [5.41, 5.74) is 2.57. The number of hydrogen-bond donors (Lipinski definition) is 0. The predicted octanol–water partition coefficient (Wildman–Crippen LogP) is 1.94. The summed E-state index contributed by atoms with van der Waals surface area (Å²) in [6, 6.07) is 6.24. The first-order valence-corrected chi connectivity index (χ1v) is 6.93. The van der Waals surface area contributed by atoms with Crippen molar-refractivity contribution in [3.05, 3.63) is 48.7 Å². The first-order chi connectivity index (χ1) is 10.8. The molecule has 0 aliphatic heterocycles. The van der Waals surface area contributed by atoms with E-state index in [0.717, 1.165) is 17.0 Å². The largest absolute Gasteiger partial charge is 0.467 e. The van der Waals surface area contributed by atoms with E-state index in [2.05, 4.69) is 32.2 Å². The molecule has 0 saturated heterocycles. The van der Waals surface area contributed by atoms with Crippen LogP contribution in [0.25, 0.3) is 11.3 Å². The van der Waals surface area contributed by atoms with E-state index in [1.165, 1.54) is 7.11 Å². The van der Waals surface area contributed by atoms with Gasteiger partial charge in [-0.25, -0.2) is 9.97 Å². The molecule has 1 atom stereocenters. The van der Waals surface area contributed by atoms with Crippen LogP contribution < -0.4 is 4.74 Å². The minimum Gasteiger partial charge on any atom is -0.467 e. The van der Waals surface area contributed by atoms with E-state index in [0.29, 0.717) is 12.6 Å². The van der Waals surface area contributed by atoms with Crippen molar-refractivity contribution in [2.24, 2.45) is 0 Å². The van der Waals surface area contributed by atoms with Gasteiger partial charge in [0.1, 0.15) is 5.69 Å². The molecule has 0 fully saturated rings. The average Bonchev–Trinajstić information content (AvgIpc) is 3.04. The second-order valence-electron chi connectivity index (χ2n) is 4.94. The molecule has 0 radical (unpaired) electrons. The Labute approximate surface area is 128 Å². The van der Waals surface area contributed by atoms with Gasteiger partial charge < -0.3 is 4.74 Å². The number of hydrogen-bond acceptors (Lipinski definition) is 6. The standard InChI is InChI=1S/C15H16N6O/c1-11(13-5-3-4-6-16-13)9-21-10-14(19-20-21)12-7-17-15(22-2)18-8-12/h3-8,10-11H,9H2,1-2H3. The van der Waals surface area contributed by atoms with Crippen LogP contribution in [0.5, 0.6) is 6.01 Å². The highest BCUT2D eigenvalue weighted by Crippen LogP contribution is 2.18. The molecule has 0 N–H and O–H groups in total. The van der Waals surface area contributed by atoms with Gasteiger partial charge in [0, 0.05) is 35.8 Å². The molecular weight excluding hydrogens is 280 g/mol. The lowest BCUT2D eigenvalue weighted by atomic mass is 10.1. The Morgan fingerprint density at radius 3 is 2.68 bits per heavy atom. The molecule has 0 aliphatic rings. The minimum absolute atomic E-state index is 0.253. The summed E-state index contributed by atoms with van der Waals surface area (Å²) in [5, 5.41) is 8.31. The van der Waals surface area contributed by atoms with Crippen molar-refractivity contribution in [3.8, 4) is 17.3 Å². The highest BCUT2D eigenvalue weighted by Gasteiger charge is 2.10. The second-order valence-corrected chi connectivity index (χ2v) is 4.94. The van der Waals surface area contributed by atoms with E-state index in [9.17, 15) is 0 Å². The summed E-state index contributed by atoms with van der Waals surface area (Å²) >= 11 is 0. The molecule has 1 unspecified atom stereocenters. The van der Waals surface area contributed by atoms with Crippen molar-refractivity contribution in [2.75, 3.05) is 7.11 Å². The highest BCUT2D eigenvalue weighted by molar-refractivity contribution is 5.54. The van der Waals surface area contributed by atoms with Crippen LogP contribution in [0.1, 0.15) is 18.5 Å². The molecule has 0 amide bonds. The topological polar surface area (TPSA) is 78.6 Å². The third-order valence-corrected chi connectivity index (χ3v) is 3.30. The molecule has 0 saturated carbocycles. The SMILES string of the molecule is COc1ncc(-c2cn(CC(C)c3ccccn3)nn2)cn1. The molecule has 3 heterocycles. The van der Waals surface area contributed by atoms with Crippen LogP contribution in [-0.4, -0.2) is 37.1 Å². The third-order valence-electron chi connectivity index (χ3n) is 3.30. The maximum absolute atomic E-state index is 4.94. The Balaban J connectivity index is 1.73. The molecule has 0 aromatic carbocycles. The van der Waals surface area contributed by atoms with Crippen molar-refractivity contribution in [2.45, 2.75) is 19.4 Å². The Bertz CT molecular complexity index is 725. The molecule has 112 valence electrons. The van der Waals surface area contributed by atoms with Gasteiger partial charge in [-0.3, -0.25) is 9.67 Å². The molecule has 0 spiro atoms. The molecular formula is C15H16N6O. The van der Waals surface area contributed by atoms with Crippen LogP contribution in [0.15, 0.2) is 43.0 Å². The Kier molecular flexibility index (Phi) is 4.04. The summed E-state index contributed by atoms with van der Waals surface area (Å²) in [7, 11) is 1.53. The molecule has 3 aromatic heterocycles. The van der Waals surface area contributed by atoms with Crippen molar-refractivity contribution in [3.63, 3.8) is 0 Å². The van der Waals surface area contributed by atoms with Crippen molar-refractivity contribution in [1.29, 1.82) is 0 Å². The quantitative estimate of drug-likeness (QED) is 0.716. The van der Waals surface area contributed by atoms with Gasteiger partial charge >= 0.3 is 6.01 Å². The smallest absolute Gasteiger partial charge is 0.316 e. The van der Waals surface area contributed by atoms with E-state index >= 15 is 0 Å². The summed E-state index contributed by atoms with van der Waals surface area (Å²) in [5.74, 6) is 0.253. The lowest BCUT2D eigenvalue weighted by molar-refractivity contribution is 0.380. The van der Waals surface area contributed by atoms with E-state index in [4.69, 9.17) is 4.74 Å². The molecule has 0 aliphatic carbocycles. The van der Waals surface area contributed by atoms with Crippen LogP contribution in [0.4, 0.5) is 0 Å². The summed E-state index contributed by atoms with van der Waals surface area (Å²) < 4.78 is 6.75. The number of aromatic nitrogens is 6. The minimum atomic E-state index is 0.253. The van der Waals surface area contributed by atoms with Gasteiger partial charge in [0.25, 0.3) is 0 Å². The van der Waals surface area contributed by atoms with Crippen molar-refractivity contribution < 1.29 is 4.74 Å². The molecule has 7 heteroatoms. The highest BCUT2D eigenvalue weighted by atomic mass is 16.5. The van der Waals surface area contributed by atoms with Crippen molar-refractivity contribution >= 4 is 0 Å². The second kappa shape index (κ2) is 6.30. The fourth-order valence-electron chi connectivity index (χ4n) is 2.12. The van der Waals surface area contributed by atoms with Gasteiger partial charge in [0.05, 0.1) is 19.9 Å². The van der Waals surface area contributed by atoms with Gasteiger partial charge in [0.2, 0.25) is 0 Å². The molecule has 0 bridgehead atoms. The number of rotatable bonds is 5. The first-order valence-electron chi connectivity index (χ1n) is 6.93. The zero-order valence-electron chi connectivity index (χ0n) is 12.4. The third kappa shape index (κ3) is 3.08. The predicted molar refractivity (Wildman–Crippen MR) is 80.3 cm³/mol. The Morgan fingerprint density at radius 1 is 1.18 bits per heavy atom. The van der Waals surface area contributed by atoms with Gasteiger partial charge in [0.15, 0.2) is 0 Å². The van der Waals surface area contributed by atoms with Crippen LogP contribution in [0.3, 0.4) is 0 Å². The Morgan fingerprint density at radius 2 is 2.00 bits per heavy atom. The normalized spacial score (nSPS) is 12.1. The summed E-state index contributed by atoms with van der Waals surface area (Å²) in [6.07, 6.45) is 7.02. The molecule has 3 rings (SSSR count). The van der Waals surface area contributed by atoms with Gasteiger partial charge in [-0.15, -0.1) is 5.10 Å². The first kappa shape index (κ1) is 14.1. The van der Waals surface area contributed by atoms with Gasteiger partial charge in [-0.1, -0.05) is 18.2 Å². The Hall–Kier alpha value is -2.83. The van der Waals surface area contributed by atoms with Crippen molar-refractivity contribution in [1.82, 2.24) is 29.9 Å². The lowest BCUT2D eigenvalue weighted by Gasteiger charge is -2.09. The number of pyridine rings is 1.